The van der Waals surface area contributed by atoms with Crippen LogP contribution in [0, 0.1) is 0 Å². The Kier molecular flexibility index (Phi) is 4.73. The molecular formula is C17H19N3O3. The van der Waals surface area contributed by atoms with Crippen molar-refractivity contribution in [2.75, 3.05) is 43.6 Å². The molecule has 0 radical (unpaired) electrons. The van der Waals surface area contributed by atoms with Crippen molar-refractivity contribution in [2.24, 2.45) is 0 Å². The fourth-order valence-corrected chi connectivity index (χ4v) is 2.42. The highest BCUT2D eigenvalue weighted by molar-refractivity contribution is 6.04. The molecule has 1 N–H and O–H groups in total. The van der Waals surface area contributed by atoms with Gasteiger partial charge >= 0.3 is 0 Å². The molecule has 1 aromatic carbocycles. The van der Waals surface area contributed by atoms with Gasteiger partial charge in [0.2, 0.25) is 0 Å². The Morgan fingerprint density at radius 1 is 1.26 bits per heavy atom. The number of aromatic nitrogens is 1. The van der Waals surface area contributed by atoms with Gasteiger partial charge in [0.05, 0.1) is 32.2 Å². The maximum absolute atomic E-state index is 12.2. The SMILES string of the molecule is COc1cccc(C(=O)Nc2ccc(N3CCOCC3)cn2)c1. The van der Waals surface area contributed by atoms with Gasteiger partial charge in [0.25, 0.3) is 5.91 Å². The first-order chi connectivity index (χ1) is 11.3. The fourth-order valence-electron chi connectivity index (χ4n) is 2.42. The molecule has 3 rings (SSSR count). The third-order valence-electron chi connectivity index (χ3n) is 3.70. The van der Waals surface area contributed by atoms with E-state index in [0.29, 0.717) is 17.1 Å². The summed E-state index contributed by atoms with van der Waals surface area (Å²) >= 11 is 0. The largest absolute Gasteiger partial charge is 0.497 e. The summed E-state index contributed by atoms with van der Waals surface area (Å²) < 4.78 is 10.5. The zero-order valence-corrected chi connectivity index (χ0v) is 13.0. The number of rotatable bonds is 4. The van der Waals surface area contributed by atoms with E-state index in [1.807, 2.05) is 12.1 Å². The molecule has 0 aliphatic carbocycles. The van der Waals surface area contributed by atoms with E-state index in [0.717, 1.165) is 32.0 Å². The van der Waals surface area contributed by atoms with Crippen LogP contribution in [0.1, 0.15) is 10.4 Å². The van der Waals surface area contributed by atoms with Crippen LogP contribution in [0.4, 0.5) is 11.5 Å². The maximum atomic E-state index is 12.2. The second-order valence-electron chi connectivity index (χ2n) is 5.19. The van der Waals surface area contributed by atoms with Gasteiger partial charge in [0.15, 0.2) is 0 Å². The third kappa shape index (κ3) is 3.78. The molecule has 1 aliphatic heterocycles. The highest BCUT2D eigenvalue weighted by atomic mass is 16.5. The van der Waals surface area contributed by atoms with Crippen LogP contribution in [0.15, 0.2) is 42.6 Å². The van der Waals surface area contributed by atoms with E-state index in [1.165, 1.54) is 0 Å². The number of hydrogen-bond donors (Lipinski definition) is 1. The average molecular weight is 313 g/mol. The normalized spacial score (nSPS) is 14.4. The Labute approximate surface area is 135 Å². The molecular weight excluding hydrogens is 294 g/mol. The summed E-state index contributed by atoms with van der Waals surface area (Å²) in [6.45, 7) is 3.18. The van der Waals surface area contributed by atoms with E-state index in [2.05, 4.69) is 15.2 Å². The van der Waals surface area contributed by atoms with Crippen LogP contribution in [0.2, 0.25) is 0 Å². The lowest BCUT2D eigenvalue weighted by molar-refractivity contribution is 0.102. The minimum Gasteiger partial charge on any atom is -0.497 e. The lowest BCUT2D eigenvalue weighted by atomic mass is 10.2. The molecule has 0 spiro atoms. The van der Waals surface area contributed by atoms with E-state index in [9.17, 15) is 4.79 Å². The predicted molar refractivity (Wildman–Crippen MR) is 88.2 cm³/mol. The highest BCUT2D eigenvalue weighted by Crippen LogP contribution is 2.18. The van der Waals surface area contributed by atoms with E-state index in [1.54, 1.807) is 37.6 Å². The molecule has 0 atom stereocenters. The molecule has 1 amide bonds. The van der Waals surface area contributed by atoms with E-state index >= 15 is 0 Å². The summed E-state index contributed by atoms with van der Waals surface area (Å²) in [5, 5.41) is 2.79. The topological polar surface area (TPSA) is 63.7 Å². The molecule has 6 heteroatoms. The van der Waals surface area contributed by atoms with Gasteiger partial charge in [-0.2, -0.15) is 0 Å². The lowest BCUT2D eigenvalue weighted by Gasteiger charge is -2.28. The van der Waals surface area contributed by atoms with Crippen LogP contribution >= 0.6 is 0 Å². The molecule has 1 saturated heterocycles. The van der Waals surface area contributed by atoms with Gasteiger partial charge in [-0.25, -0.2) is 4.98 Å². The van der Waals surface area contributed by atoms with Crippen LogP contribution in [-0.4, -0.2) is 44.3 Å². The first-order valence-corrected chi connectivity index (χ1v) is 7.50. The number of pyridine rings is 1. The molecule has 1 fully saturated rings. The summed E-state index contributed by atoms with van der Waals surface area (Å²) in [5.41, 5.74) is 1.57. The van der Waals surface area contributed by atoms with E-state index < -0.39 is 0 Å². The number of carbonyl (C=O) groups is 1. The number of nitrogens with one attached hydrogen (secondary N) is 1. The van der Waals surface area contributed by atoms with Crippen molar-refractivity contribution in [3.05, 3.63) is 48.2 Å². The zero-order valence-electron chi connectivity index (χ0n) is 13.0. The van der Waals surface area contributed by atoms with Crippen molar-refractivity contribution in [3.8, 4) is 5.75 Å². The summed E-state index contributed by atoms with van der Waals surface area (Å²) in [6.07, 6.45) is 1.77. The Bertz CT molecular complexity index is 667. The summed E-state index contributed by atoms with van der Waals surface area (Å²) in [6, 6.07) is 10.8. The molecule has 1 aliphatic rings. The summed E-state index contributed by atoms with van der Waals surface area (Å²) in [7, 11) is 1.57. The molecule has 6 nitrogen and oxygen atoms in total. The first kappa shape index (κ1) is 15.3. The van der Waals surface area contributed by atoms with Crippen molar-refractivity contribution in [1.29, 1.82) is 0 Å². The minimum atomic E-state index is -0.212. The van der Waals surface area contributed by atoms with Crippen molar-refractivity contribution in [1.82, 2.24) is 4.98 Å². The lowest BCUT2D eigenvalue weighted by Crippen LogP contribution is -2.36. The number of anilines is 2. The van der Waals surface area contributed by atoms with E-state index in [-0.39, 0.29) is 5.91 Å². The summed E-state index contributed by atoms with van der Waals surface area (Å²) in [4.78, 5) is 18.8. The quantitative estimate of drug-likeness (QED) is 0.937. The van der Waals surface area contributed by atoms with Gasteiger partial charge in [-0.3, -0.25) is 4.79 Å². The molecule has 0 bridgehead atoms. The monoisotopic (exact) mass is 313 g/mol. The number of benzene rings is 1. The van der Waals surface area contributed by atoms with Crippen LogP contribution in [0.3, 0.4) is 0 Å². The van der Waals surface area contributed by atoms with E-state index in [4.69, 9.17) is 9.47 Å². The van der Waals surface area contributed by atoms with Crippen LogP contribution in [0.25, 0.3) is 0 Å². The number of amides is 1. The number of nitrogens with zero attached hydrogens (tertiary/aromatic N) is 2. The number of hydrogen-bond acceptors (Lipinski definition) is 5. The molecule has 0 unspecified atom stereocenters. The molecule has 2 aromatic rings. The standard InChI is InChI=1S/C17H19N3O3/c1-22-15-4-2-3-13(11-15)17(21)19-16-6-5-14(12-18-16)20-7-9-23-10-8-20/h2-6,11-12H,7-10H2,1H3,(H,18,19,21). The van der Waals surface area contributed by atoms with Gasteiger partial charge in [-0.05, 0) is 30.3 Å². The third-order valence-corrected chi connectivity index (χ3v) is 3.70. The second-order valence-corrected chi connectivity index (χ2v) is 5.19. The molecule has 23 heavy (non-hydrogen) atoms. The van der Waals surface area contributed by atoms with Crippen LogP contribution in [0.5, 0.6) is 5.75 Å². The second kappa shape index (κ2) is 7.11. The van der Waals surface area contributed by atoms with Crippen molar-refractivity contribution in [2.45, 2.75) is 0 Å². The van der Waals surface area contributed by atoms with Crippen molar-refractivity contribution >= 4 is 17.4 Å². The van der Waals surface area contributed by atoms with Crippen LogP contribution < -0.4 is 15.0 Å². The number of morpholine rings is 1. The molecule has 120 valence electrons. The smallest absolute Gasteiger partial charge is 0.256 e. The molecule has 2 heterocycles. The van der Waals surface area contributed by atoms with Crippen molar-refractivity contribution in [3.63, 3.8) is 0 Å². The highest BCUT2D eigenvalue weighted by Gasteiger charge is 2.12. The Hall–Kier alpha value is -2.60. The van der Waals surface area contributed by atoms with Gasteiger partial charge in [0, 0.05) is 18.7 Å². The van der Waals surface area contributed by atoms with Crippen LogP contribution in [-0.2, 0) is 4.74 Å². The minimum absolute atomic E-state index is 0.212. The fraction of sp³-hybridized carbons (Fsp3) is 0.294. The Morgan fingerprint density at radius 2 is 2.09 bits per heavy atom. The number of ether oxygens (including phenoxy) is 2. The summed E-state index contributed by atoms with van der Waals surface area (Å²) in [5.74, 6) is 0.957. The van der Waals surface area contributed by atoms with Gasteiger partial charge in [-0.1, -0.05) is 6.07 Å². The Balaban J connectivity index is 1.66. The average Bonchev–Trinajstić information content (AvgIpc) is 2.63. The molecule has 0 saturated carbocycles. The Morgan fingerprint density at radius 3 is 2.78 bits per heavy atom. The maximum Gasteiger partial charge on any atom is 0.256 e. The van der Waals surface area contributed by atoms with Gasteiger partial charge in [0.1, 0.15) is 11.6 Å². The van der Waals surface area contributed by atoms with Gasteiger partial charge in [-0.15, -0.1) is 0 Å². The number of carbonyl (C=O) groups excluding carboxylic acids is 1. The van der Waals surface area contributed by atoms with Gasteiger partial charge < -0.3 is 19.7 Å². The zero-order chi connectivity index (χ0) is 16.1. The first-order valence-electron chi connectivity index (χ1n) is 7.50. The number of methoxy groups -OCH3 is 1. The molecule has 1 aromatic heterocycles. The predicted octanol–water partition coefficient (Wildman–Crippen LogP) is 2.18. The van der Waals surface area contributed by atoms with Crippen molar-refractivity contribution < 1.29 is 14.3 Å².